The minimum absolute atomic E-state index is 0.0141. The predicted octanol–water partition coefficient (Wildman–Crippen LogP) is 3.08. The van der Waals surface area contributed by atoms with E-state index in [1.807, 2.05) is 6.07 Å². The highest BCUT2D eigenvalue weighted by atomic mass is 16.5. The molecular formula is C19H23N3O3. The van der Waals surface area contributed by atoms with Crippen LogP contribution in [-0.4, -0.2) is 36.0 Å². The van der Waals surface area contributed by atoms with Crippen LogP contribution < -0.4 is 5.32 Å². The fraction of sp³-hybridized carbons (Fsp3) is 0.421. The minimum atomic E-state index is -0.545. The summed E-state index contributed by atoms with van der Waals surface area (Å²) in [7, 11) is 1.28. The summed E-state index contributed by atoms with van der Waals surface area (Å²) in [5.41, 5.74) is 0.579. The zero-order valence-electron chi connectivity index (χ0n) is 14.8. The molecule has 6 heteroatoms. The number of nitrogens with zero attached hydrogens (tertiary/aromatic N) is 2. The van der Waals surface area contributed by atoms with Crippen LogP contribution in [0.1, 0.15) is 43.5 Å². The number of likely N-dealkylation sites (tertiary alicyclic amines) is 1. The first kappa shape index (κ1) is 18.5. The van der Waals surface area contributed by atoms with Crippen LogP contribution in [0.4, 0.5) is 5.69 Å². The third kappa shape index (κ3) is 4.38. The van der Waals surface area contributed by atoms with Gasteiger partial charge in [-0.3, -0.25) is 4.79 Å². The standard InChI is InChI=1S/C19H23N3O3/c1-13-7-6-8-14(2)22(13)12-15(11-20)18(23)21-17-10-5-4-9-16(17)19(24)25-3/h4-5,9-10,12-14H,6-8H2,1-3H3,(H,21,23)/b15-12-. The number of carbonyl (C=O) groups is 2. The van der Waals surface area contributed by atoms with Crippen LogP contribution in [-0.2, 0) is 9.53 Å². The maximum Gasteiger partial charge on any atom is 0.339 e. The van der Waals surface area contributed by atoms with Crippen LogP contribution in [0.25, 0.3) is 0 Å². The van der Waals surface area contributed by atoms with Crippen molar-refractivity contribution in [2.75, 3.05) is 12.4 Å². The van der Waals surface area contributed by atoms with E-state index in [1.54, 1.807) is 30.5 Å². The molecule has 2 unspecified atom stereocenters. The van der Waals surface area contributed by atoms with Crippen LogP contribution >= 0.6 is 0 Å². The first-order valence-electron chi connectivity index (χ1n) is 8.36. The zero-order chi connectivity index (χ0) is 18.4. The van der Waals surface area contributed by atoms with Crippen molar-refractivity contribution in [3.05, 3.63) is 41.6 Å². The van der Waals surface area contributed by atoms with Crippen molar-refractivity contribution in [1.82, 2.24) is 4.90 Å². The highest BCUT2D eigenvalue weighted by Gasteiger charge is 2.24. The average Bonchev–Trinajstić information content (AvgIpc) is 2.61. The second-order valence-electron chi connectivity index (χ2n) is 6.22. The third-order valence-electron chi connectivity index (χ3n) is 4.49. The number of hydrogen-bond acceptors (Lipinski definition) is 5. The molecule has 6 nitrogen and oxygen atoms in total. The summed E-state index contributed by atoms with van der Waals surface area (Å²) in [6.07, 6.45) is 4.84. The van der Waals surface area contributed by atoms with Crippen LogP contribution in [0.5, 0.6) is 0 Å². The smallest absolute Gasteiger partial charge is 0.339 e. The quantitative estimate of drug-likeness (QED) is 0.517. The Bertz CT molecular complexity index is 711. The van der Waals surface area contributed by atoms with Crippen molar-refractivity contribution in [2.45, 2.75) is 45.2 Å². The van der Waals surface area contributed by atoms with Gasteiger partial charge in [0.25, 0.3) is 5.91 Å². The minimum Gasteiger partial charge on any atom is -0.465 e. The molecule has 1 saturated heterocycles. The van der Waals surface area contributed by atoms with Crippen molar-refractivity contribution in [2.24, 2.45) is 0 Å². The summed E-state index contributed by atoms with van der Waals surface area (Å²) < 4.78 is 4.72. The van der Waals surface area contributed by atoms with Gasteiger partial charge in [0.2, 0.25) is 0 Å². The molecule has 0 bridgehead atoms. The molecule has 2 atom stereocenters. The van der Waals surface area contributed by atoms with Gasteiger partial charge in [-0.15, -0.1) is 0 Å². The van der Waals surface area contributed by atoms with E-state index >= 15 is 0 Å². The number of amides is 1. The third-order valence-corrected chi connectivity index (χ3v) is 4.49. The summed E-state index contributed by atoms with van der Waals surface area (Å²) in [6.45, 7) is 4.18. The summed E-state index contributed by atoms with van der Waals surface area (Å²) in [5.74, 6) is -1.08. The lowest BCUT2D eigenvalue weighted by atomic mass is 9.98. The molecule has 1 heterocycles. The Balaban J connectivity index is 2.23. The maximum absolute atomic E-state index is 12.5. The number of rotatable bonds is 4. The topological polar surface area (TPSA) is 82.4 Å². The molecule has 132 valence electrons. The molecule has 1 amide bonds. The Morgan fingerprint density at radius 2 is 1.92 bits per heavy atom. The van der Waals surface area contributed by atoms with Gasteiger partial charge >= 0.3 is 5.97 Å². The maximum atomic E-state index is 12.5. The largest absolute Gasteiger partial charge is 0.465 e. The molecular weight excluding hydrogens is 318 g/mol. The summed E-state index contributed by atoms with van der Waals surface area (Å²) in [4.78, 5) is 26.4. The molecule has 1 aromatic carbocycles. The molecule has 1 fully saturated rings. The summed E-state index contributed by atoms with van der Waals surface area (Å²) >= 11 is 0. The lowest BCUT2D eigenvalue weighted by Gasteiger charge is -2.38. The molecule has 0 aliphatic carbocycles. The van der Waals surface area contributed by atoms with Crippen LogP contribution in [0, 0.1) is 11.3 Å². The molecule has 1 aliphatic heterocycles. The number of nitrogens with one attached hydrogen (secondary N) is 1. The molecule has 2 rings (SSSR count). The van der Waals surface area contributed by atoms with Crippen molar-refractivity contribution in [1.29, 1.82) is 5.26 Å². The Kier molecular flexibility index (Phi) is 6.18. The highest BCUT2D eigenvalue weighted by Crippen LogP contribution is 2.24. The predicted molar refractivity (Wildman–Crippen MR) is 94.7 cm³/mol. The van der Waals surface area contributed by atoms with Gasteiger partial charge in [-0.2, -0.15) is 5.26 Å². The van der Waals surface area contributed by atoms with E-state index < -0.39 is 11.9 Å². The number of nitriles is 1. The number of hydrogen-bond donors (Lipinski definition) is 1. The molecule has 0 aromatic heterocycles. The Morgan fingerprint density at radius 3 is 2.52 bits per heavy atom. The van der Waals surface area contributed by atoms with Gasteiger partial charge in [-0.1, -0.05) is 12.1 Å². The van der Waals surface area contributed by atoms with Crippen LogP contribution in [0.15, 0.2) is 36.0 Å². The summed E-state index contributed by atoms with van der Waals surface area (Å²) in [5, 5.41) is 12.0. The summed E-state index contributed by atoms with van der Waals surface area (Å²) in [6, 6.07) is 9.07. The Hall–Kier alpha value is -2.81. The van der Waals surface area contributed by atoms with Crippen molar-refractivity contribution < 1.29 is 14.3 Å². The highest BCUT2D eigenvalue weighted by molar-refractivity contribution is 6.09. The lowest BCUT2D eigenvalue weighted by Crippen LogP contribution is -2.40. The Morgan fingerprint density at radius 1 is 1.28 bits per heavy atom. The van der Waals surface area contributed by atoms with Gasteiger partial charge in [0.05, 0.1) is 18.4 Å². The van der Waals surface area contributed by atoms with Crippen molar-refractivity contribution >= 4 is 17.6 Å². The zero-order valence-corrected chi connectivity index (χ0v) is 14.8. The van der Waals surface area contributed by atoms with Gasteiger partial charge in [0.1, 0.15) is 11.6 Å². The monoisotopic (exact) mass is 341 g/mol. The number of methoxy groups -OCH3 is 1. The van der Waals surface area contributed by atoms with Gasteiger partial charge in [0.15, 0.2) is 0 Å². The van der Waals surface area contributed by atoms with E-state index in [0.717, 1.165) is 19.3 Å². The SMILES string of the molecule is COC(=O)c1ccccc1NC(=O)/C(C#N)=C\N1C(C)CCCC1C. The van der Waals surface area contributed by atoms with Gasteiger partial charge in [-0.05, 0) is 45.2 Å². The molecule has 0 saturated carbocycles. The fourth-order valence-electron chi connectivity index (χ4n) is 3.05. The second-order valence-corrected chi connectivity index (χ2v) is 6.22. The number of carbonyl (C=O) groups excluding carboxylic acids is 2. The van der Waals surface area contributed by atoms with Crippen LogP contribution in [0.3, 0.4) is 0 Å². The first-order valence-corrected chi connectivity index (χ1v) is 8.36. The number of benzene rings is 1. The molecule has 0 spiro atoms. The number of anilines is 1. The second kappa shape index (κ2) is 8.34. The van der Waals surface area contributed by atoms with Gasteiger partial charge in [0, 0.05) is 18.3 Å². The molecule has 1 N–H and O–H groups in total. The lowest BCUT2D eigenvalue weighted by molar-refractivity contribution is -0.112. The van der Waals surface area contributed by atoms with Gasteiger partial charge < -0.3 is 15.0 Å². The molecule has 1 aromatic rings. The number of esters is 1. The van der Waals surface area contributed by atoms with E-state index in [2.05, 4.69) is 24.1 Å². The van der Waals surface area contributed by atoms with E-state index in [-0.39, 0.29) is 23.2 Å². The number of para-hydroxylation sites is 1. The molecule has 0 radical (unpaired) electrons. The van der Waals surface area contributed by atoms with E-state index in [0.29, 0.717) is 5.69 Å². The first-order chi connectivity index (χ1) is 12.0. The number of ether oxygens (including phenoxy) is 1. The van der Waals surface area contributed by atoms with E-state index in [4.69, 9.17) is 4.74 Å². The van der Waals surface area contributed by atoms with Crippen LogP contribution in [0.2, 0.25) is 0 Å². The van der Waals surface area contributed by atoms with Crippen molar-refractivity contribution in [3.8, 4) is 6.07 Å². The van der Waals surface area contributed by atoms with E-state index in [9.17, 15) is 14.9 Å². The normalized spacial score (nSPS) is 20.6. The fourth-order valence-corrected chi connectivity index (χ4v) is 3.05. The van der Waals surface area contributed by atoms with E-state index in [1.165, 1.54) is 7.11 Å². The average molecular weight is 341 g/mol. The molecule has 25 heavy (non-hydrogen) atoms. The number of piperidine rings is 1. The van der Waals surface area contributed by atoms with Gasteiger partial charge in [-0.25, -0.2) is 4.79 Å². The van der Waals surface area contributed by atoms with Crippen molar-refractivity contribution in [3.63, 3.8) is 0 Å². The molecule has 1 aliphatic rings. The Labute approximate surface area is 148 Å².